The molecule has 2 heterocycles. The number of ether oxygens (including phenoxy) is 3. The molecule has 2 aliphatic rings. The lowest BCUT2D eigenvalue weighted by molar-refractivity contribution is 0.102. The molecular weight excluding hydrogens is 174 g/mol. The first-order valence-corrected chi connectivity index (χ1v) is 4.11. The molecule has 2 saturated heterocycles. The van der Waals surface area contributed by atoms with E-state index in [1.165, 1.54) is 7.05 Å². The van der Waals surface area contributed by atoms with Crippen LogP contribution in [0.3, 0.4) is 0 Å². The van der Waals surface area contributed by atoms with Crippen molar-refractivity contribution in [3.8, 4) is 0 Å². The maximum absolute atomic E-state index is 7.33. The minimum atomic E-state index is 0.392. The summed E-state index contributed by atoms with van der Waals surface area (Å²) < 4.78 is 15.1. The maximum Gasteiger partial charge on any atom is 0.104 e. The van der Waals surface area contributed by atoms with Crippen LogP contribution in [0.4, 0.5) is 0 Å². The zero-order valence-electron chi connectivity index (χ0n) is 7.55. The molecule has 0 amide bonds. The molecule has 0 aromatic heterocycles. The number of epoxide rings is 2. The third-order valence-corrected chi connectivity index (χ3v) is 1.50. The molecule has 2 unspecified atom stereocenters. The minimum absolute atomic E-state index is 0.392. The standard InChI is InChI=1S/C6H10O3.CH3N3/c1(5-3-8-5)7-2-6-4-9-6;1-3-4-2/h5-6H,1-4H2;1H3. The molecule has 0 aromatic rings. The molecule has 0 spiro atoms. The quantitative estimate of drug-likeness (QED) is 0.281. The SMILES string of the molecule is C(OCC1CO1)C1CO1.CN=[N+]=[N-]. The van der Waals surface area contributed by atoms with Gasteiger partial charge in [0.1, 0.15) is 12.2 Å². The van der Waals surface area contributed by atoms with Gasteiger partial charge < -0.3 is 14.2 Å². The smallest absolute Gasteiger partial charge is 0.104 e. The first kappa shape index (κ1) is 10.3. The van der Waals surface area contributed by atoms with Crippen LogP contribution in [-0.4, -0.2) is 45.7 Å². The van der Waals surface area contributed by atoms with Crippen LogP contribution in [0.15, 0.2) is 5.11 Å². The van der Waals surface area contributed by atoms with Crippen molar-refractivity contribution in [1.29, 1.82) is 0 Å². The van der Waals surface area contributed by atoms with Gasteiger partial charge in [0, 0.05) is 12.0 Å². The molecule has 74 valence electrons. The molecule has 2 aliphatic heterocycles. The molecule has 0 N–H and O–H groups in total. The van der Waals surface area contributed by atoms with Gasteiger partial charge in [-0.1, -0.05) is 5.11 Å². The molecule has 0 aliphatic carbocycles. The minimum Gasteiger partial charge on any atom is -0.376 e. The zero-order valence-corrected chi connectivity index (χ0v) is 7.55. The Labute approximate surface area is 76.4 Å². The lowest BCUT2D eigenvalue weighted by Crippen LogP contribution is -2.06. The van der Waals surface area contributed by atoms with Gasteiger partial charge in [0.25, 0.3) is 0 Å². The monoisotopic (exact) mass is 187 g/mol. The third-order valence-electron chi connectivity index (χ3n) is 1.50. The Morgan fingerprint density at radius 2 is 1.77 bits per heavy atom. The van der Waals surface area contributed by atoms with Crippen LogP contribution in [0.1, 0.15) is 0 Å². The van der Waals surface area contributed by atoms with Crippen molar-refractivity contribution < 1.29 is 14.2 Å². The Balaban J connectivity index is 0.000000184. The van der Waals surface area contributed by atoms with E-state index < -0.39 is 0 Å². The van der Waals surface area contributed by atoms with Gasteiger partial charge in [0.05, 0.1) is 26.4 Å². The van der Waals surface area contributed by atoms with E-state index in [0.717, 1.165) is 26.4 Å². The van der Waals surface area contributed by atoms with Gasteiger partial charge >= 0.3 is 0 Å². The average Bonchev–Trinajstić information content (AvgIpc) is 2.98. The molecule has 0 bridgehead atoms. The summed E-state index contributed by atoms with van der Waals surface area (Å²) in [5, 5.41) is 2.92. The van der Waals surface area contributed by atoms with Gasteiger partial charge in [-0.25, -0.2) is 0 Å². The molecule has 6 nitrogen and oxygen atoms in total. The Morgan fingerprint density at radius 1 is 1.38 bits per heavy atom. The fourth-order valence-electron chi connectivity index (χ4n) is 0.659. The molecule has 0 saturated carbocycles. The highest BCUT2D eigenvalue weighted by Crippen LogP contribution is 2.12. The Hall–Kier alpha value is -0.810. The van der Waals surface area contributed by atoms with Crippen molar-refractivity contribution in [2.45, 2.75) is 12.2 Å². The predicted molar refractivity (Wildman–Crippen MR) is 45.4 cm³/mol. The summed E-state index contributed by atoms with van der Waals surface area (Å²) in [5.74, 6) is 0. The third kappa shape index (κ3) is 6.36. The number of hydrogen-bond donors (Lipinski definition) is 0. The van der Waals surface area contributed by atoms with E-state index in [1.807, 2.05) is 0 Å². The summed E-state index contributed by atoms with van der Waals surface area (Å²) >= 11 is 0. The Kier molecular flexibility index (Phi) is 4.56. The summed E-state index contributed by atoms with van der Waals surface area (Å²) in [6.07, 6.45) is 0.785. The molecule has 0 radical (unpaired) electrons. The van der Waals surface area contributed by atoms with Crippen molar-refractivity contribution in [3.63, 3.8) is 0 Å². The summed E-state index contributed by atoms with van der Waals surface area (Å²) in [5.41, 5.74) is 7.33. The van der Waals surface area contributed by atoms with Crippen molar-refractivity contribution in [2.24, 2.45) is 5.11 Å². The number of azide groups is 1. The molecule has 6 heteroatoms. The fraction of sp³-hybridized carbons (Fsp3) is 1.00. The van der Waals surface area contributed by atoms with Gasteiger partial charge in [-0.2, -0.15) is 0 Å². The predicted octanol–water partition coefficient (Wildman–Crippen LogP) is 0.727. The van der Waals surface area contributed by atoms with Crippen LogP contribution in [0.2, 0.25) is 0 Å². The Bertz CT molecular complexity index is 173. The molecule has 0 aromatic carbocycles. The van der Waals surface area contributed by atoms with Crippen LogP contribution >= 0.6 is 0 Å². The van der Waals surface area contributed by atoms with E-state index in [9.17, 15) is 0 Å². The number of rotatable bonds is 4. The van der Waals surface area contributed by atoms with Crippen molar-refractivity contribution in [3.05, 3.63) is 10.4 Å². The Morgan fingerprint density at radius 3 is 2.00 bits per heavy atom. The normalized spacial score (nSPS) is 28.1. The van der Waals surface area contributed by atoms with Crippen LogP contribution < -0.4 is 0 Å². The van der Waals surface area contributed by atoms with Crippen molar-refractivity contribution >= 4 is 0 Å². The van der Waals surface area contributed by atoms with Crippen LogP contribution in [0.5, 0.6) is 0 Å². The summed E-state index contributed by atoms with van der Waals surface area (Å²) in [4.78, 5) is 2.36. The van der Waals surface area contributed by atoms with Crippen LogP contribution in [-0.2, 0) is 14.2 Å². The lowest BCUT2D eigenvalue weighted by atomic mass is 10.5. The van der Waals surface area contributed by atoms with E-state index in [0.29, 0.717) is 12.2 Å². The second-order valence-electron chi connectivity index (χ2n) is 2.74. The van der Waals surface area contributed by atoms with Gasteiger partial charge in [-0.3, -0.25) is 0 Å². The van der Waals surface area contributed by atoms with E-state index in [4.69, 9.17) is 19.7 Å². The fourth-order valence-corrected chi connectivity index (χ4v) is 0.659. The van der Waals surface area contributed by atoms with E-state index in [2.05, 4.69) is 10.0 Å². The van der Waals surface area contributed by atoms with E-state index in [1.54, 1.807) is 0 Å². The molecule has 2 rings (SSSR count). The molecule has 2 fully saturated rings. The van der Waals surface area contributed by atoms with Crippen molar-refractivity contribution in [2.75, 3.05) is 33.5 Å². The second-order valence-corrected chi connectivity index (χ2v) is 2.74. The first-order valence-electron chi connectivity index (χ1n) is 4.11. The first-order chi connectivity index (χ1) is 6.36. The maximum atomic E-state index is 7.33. The van der Waals surface area contributed by atoms with Crippen LogP contribution in [0.25, 0.3) is 10.4 Å². The molecular formula is C7H13N3O3. The van der Waals surface area contributed by atoms with E-state index >= 15 is 0 Å². The number of hydrogen-bond acceptors (Lipinski definition) is 4. The molecule has 2 atom stereocenters. The zero-order chi connectivity index (χ0) is 9.52. The largest absolute Gasteiger partial charge is 0.376 e. The van der Waals surface area contributed by atoms with Crippen LogP contribution in [0, 0.1) is 0 Å². The highest BCUT2D eigenvalue weighted by atomic mass is 16.6. The van der Waals surface area contributed by atoms with Gasteiger partial charge in [-0.05, 0) is 5.53 Å². The molecule has 13 heavy (non-hydrogen) atoms. The highest BCUT2D eigenvalue weighted by Gasteiger charge is 2.26. The summed E-state index contributed by atoms with van der Waals surface area (Å²) in [6.45, 7) is 3.26. The summed E-state index contributed by atoms with van der Waals surface area (Å²) in [6, 6.07) is 0. The van der Waals surface area contributed by atoms with Crippen molar-refractivity contribution in [1.82, 2.24) is 0 Å². The second kappa shape index (κ2) is 5.77. The van der Waals surface area contributed by atoms with Gasteiger partial charge in [0.15, 0.2) is 0 Å². The topological polar surface area (TPSA) is 83.0 Å². The number of nitrogens with zero attached hydrogens (tertiary/aromatic N) is 3. The highest BCUT2D eigenvalue weighted by molar-refractivity contribution is 4.71. The van der Waals surface area contributed by atoms with Gasteiger partial charge in [0.2, 0.25) is 0 Å². The summed E-state index contributed by atoms with van der Waals surface area (Å²) in [7, 11) is 1.39. The van der Waals surface area contributed by atoms with Gasteiger partial charge in [-0.15, -0.1) is 0 Å². The lowest BCUT2D eigenvalue weighted by Gasteiger charge is -1.95. The van der Waals surface area contributed by atoms with E-state index in [-0.39, 0.29) is 0 Å². The average molecular weight is 187 g/mol.